The summed E-state index contributed by atoms with van der Waals surface area (Å²) in [7, 11) is 2.64. The second-order valence-electron chi connectivity index (χ2n) is 11.6. The van der Waals surface area contributed by atoms with Gasteiger partial charge in [0.1, 0.15) is 47.6 Å². The molecule has 48 heavy (non-hydrogen) atoms. The fourth-order valence-corrected chi connectivity index (χ4v) is 4.51. The summed E-state index contributed by atoms with van der Waals surface area (Å²) in [6, 6.07) is 2.65. The molecule has 0 saturated carbocycles. The van der Waals surface area contributed by atoms with Gasteiger partial charge >= 0.3 is 0 Å². The molecule has 16 heteroatoms. The minimum Gasteiger partial charge on any atom is -0.387 e. The van der Waals surface area contributed by atoms with E-state index < -0.39 is 108 Å². The van der Waals surface area contributed by atoms with Gasteiger partial charge in [-0.1, -0.05) is 39.8 Å². The monoisotopic (exact) mass is 686 g/mol. The molecule has 0 spiro atoms. The zero-order chi connectivity index (χ0) is 36.3. The Morgan fingerprint density at radius 3 is 1.23 bits per heavy atom. The molecule has 0 aliphatic carbocycles. The van der Waals surface area contributed by atoms with Gasteiger partial charge in [0.2, 0.25) is 11.8 Å². The van der Waals surface area contributed by atoms with E-state index in [4.69, 9.17) is 9.47 Å². The molecule has 2 rings (SSSR count). The van der Waals surface area contributed by atoms with Crippen molar-refractivity contribution in [2.24, 2.45) is 11.8 Å². The lowest BCUT2D eigenvalue weighted by Crippen LogP contribution is -2.60. The smallest absolute Gasteiger partial charge is 0.252 e. The van der Waals surface area contributed by atoms with E-state index >= 15 is 0 Å². The number of rotatable bonds is 17. The number of carbonyl (C=O) groups is 4. The number of aliphatic hydroxyl groups excluding tert-OH is 2. The number of hydrogen-bond acceptors (Lipinski definition) is 8. The highest BCUT2D eigenvalue weighted by Crippen LogP contribution is 2.20. The number of ether oxygens (including phenoxy) is 2. The lowest BCUT2D eigenvalue weighted by Gasteiger charge is -2.32. The second kappa shape index (κ2) is 18.4. The molecule has 2 aromatic rings. The molecule has 0 saturated heterocycles. The first-order valence-electron chi connectivity index (χ1n) is 15.0. The molecular weight excluding hydrogens is 644 g/mol. The van der Waals surface area contributed by atoms with Crippen molar-refractivity contribution in [3.05, 3.63) is 70.8 Å². The van der Waals surface area contributed by atoms with Crippen molar-refractivity contribution in [2.75, 3.05) is 14.1 Å². The molecule has 6 atom stereocenters. The fourth-order valence-electron chi connectivity index (χ4n) is 4.51. The Labute approximate surface area is 275 Å². The molecule has 6 N–H and O–H groups in total. The molecule has 0 heterocycles. The Hall–Kier alpha value is -4.12. The first-order valence-corrected chi connectivity index (χ1v) is 15.0. The van der Waals surface area contributed by atoms with Crippen molar-refractivity contribution in [1.29, 1.82) is 0 Å². The number of likely N-dealkylation sites (N-methyl/N-ethyl adjacent to an activating group) is 2. The normalized spacial score (nSPS) is 15.2. The van der Waals surface area contributed by atoms with Crippen LogP contribution in [0.15, 0.2) is 36.4 Å². The predicted octanol–water partition coefficient (Wildman–Crippen LogP) is 1.21. The van der Waals surface area contributed by atoms with Crippen molar-refractivity contribution >= 4 is 23.6 Å². The van der Waals surface area contributed by atoms with Crippen molar-refractivity contribution in [3.8, 4) is 0 Å². The number of aliphatic hydroxyl groups is 2. The molecule has 12 nitrogen and oxygen atoms in total. The molecule has 0 fully saturated rings. The van der Waals surface area contributed by atoms with Crippen LogP contribution in [0.1, 0.15) is 38.8 Å². The third kappa shape index (κ3) is 11.0. The summed E-state index contributed by atoms with van der Waals surface area (Å²) in [5.74, 6) is -8.44. The van der Waals surface area contributed by atoms with Gasteiger partial charge in [-0.25, -0.2) is 17.6 Å². The molecule has 0 bridgehead atoms. The highest BCUT2D eigenvalue weighted by atomic mass is 19.1. The number of carbonyl (C=O) groups excluding carboxylic acids is 4. The quantitative estimate of drug-likeness (QED) is 0.135. The molecular formula is C32H42F4N4O8. The summed E-state index contributed by atoms with van der Waals surface area (Å²) in [6.45, 7) is 4.94. The van der Waals surface area contributed by atoms with E-state index in [0.717, 1.165) is 24.3 Å². The van der Waals surface area contributed by atoms with Gasteiger partial charge in [0, 0.05) is 37.4 Å². The van der Waals surface area contributed by atoms with Crippen LogP contribution in [0, 0.1) is 35.1 Å². The summed E-state index contributed by atoms with van der Waals surface area (Å²) in [5.41, 5.74) is -0.490. The highest BCUT2D eigenvalue weighted by molar-refractivity contribution is 5.91. The Kier molecular flexibility index (Phi) is 15.4. The number of benzene rings is 2. The summed E-state index contributed by atoms with van der Waals surface area (Å²) < 4.78 is 66.8. The Bertz CT molecular complexity index is 1320. The van der Waals surface area contributed by atoms with Crippen molar-refractivity contribution in [3.63, 3.8) is 0 Å². The Balaban J connectivity index is 2.51. The van der Waals surface area contributed by atoms with E-state index in [1.165, 1.54) is 14.1 Å². The van der Waals surface area contributed by atoms with E-state index in [9.17, 15) is 47.0 Å². The molecule has 0 aliphatic heterocycles. The maximum absolute atomic E-state index is 14.4. The zero-order valence-electron chi connectivity index (χ0n) is 27.4. The Morgan fingerprint density at radius 1 is 0.625 bits per heavy atom. The summed E-state index contributed by atoms with van der Waals surface area (Å²) in [5, 5.41) is 32.2. The zero-order valence-corrected chi connectivity index (χ0v) is 27.4. The van der Waals surface area contributed by atoms with Crippen LogP contribution in [0.25, 0.3) is 0 Å². The number of amides is 4. The van der Waals surface area contributed by atoms with Crippen molar-refractivity contribution in [1.82, 2.24) is 21.3 Å². The first kappa shape index (κ1) is 40.1. The van der Waals surface area contributed by atoms with Crippen molar-refractivity contribution in [2.45, 2.75) is 77.4 Å². The highest BCUT2D eigenvalue weighted by Gasteiger charge is 2.43. The minimum absolute atomic E-state index is 0.245. The van der Waals surface area contributed by atoms with Crippen LogP contribution in [0.4, 0.5) is 17.6 Å². The van der Waals surface area contributed by atoms with E-state index in [-0.39, 0.29) is 11.1 Å². The molecule has 4 amide bonds. The SMILES string of the molecule is CNC(=O)[C@@H](NC(=O)[C@H](OCc1ccc(F)cc1F)[C@H](O)[C@@H](O)[C@@H](OCc1ccc(F)cc1F)C(=O)N[C@H](C(=O)NC)C(C)C)C(C)C. The average molecular weight is 687 g/mol. The number of nitrogens with one attached hydrogen (secondary N) is 4. The molecule has 0 unspecified atom stereocenters. The van der Waals surface area contributed by atoms with Gasteiger partial charge in [-0.15, -0.1) is 0 Å². The lowest BCUT2D eigenvalue weighted by atomic mass is 9.98. The van der Waals surface area contributed by atoms with E-state index in [2.05, 4.69) is 21.3 Å². The van der Waals surface area contributed by atoms with Gasteiger partial charge in [0.15, 0.2) is 12.2 Å². The van der Waals surface area contributed by atoms with Gasteiger partial charge in [-0.2, -0.15) is 0 Å². The lowest BCUT2D eigenvalue weighted by molar-refractivity contribution is -0.171. The van der Waals surface area contributed by atoms with E-state index in [1.807, 2.05) is 0 Å². The van der Waals surface area contributed by atoms with Crippen LogP contribution in [-0.2, 0) is 41.9 Å². The van der Waals surface area contributed by atoms with Crippen LogP contribution in [0.5, 0.6) is 0 Å². The third-order valence-electron chi connectivity index (χ3n) is 7.34. The largest absolute Gasteiger partial charge is 0.387 e. The predicted molar refractivity (Wildman–Crippen MR) is 164 cm³/mol. The van der Waals surface area contributed by atoms with Gasteiger partial charge in [0.25, 0.3) is 11.8 Å². The molecule has 2 aromatic carbocycles. The minimum atomic E-state index is -2.35. The topological polar surface area (TPSA) is 175 Å². The molecule has 0 aromatic heterocycles. The molecule has 0 radical (unpaired) electrons. The van der Waals surface area contributed by atoms with Crippen LogP contribution in [0.3, 0.4) is 0 Å². The van der Waals surface area contributed by atoms with Gasteiger partial charge < -0.3 is 41.0 Å². The molecule has 266 valence electrons. The third-order valence-corrected chi connectivity index (χ3v) is 7.34. The first-order chi connectivity index (χ1) is 22.5. The maximum atomic E-state index is 14.4. The molecule has 0 aliphatic rings. The van der Waals surface area contributed by atoms with Crippen molar-refractivity contribution < 1.29 is 56.4 Å². The van der Waals surface area contributed by atoms with Gasteiger partial charge in [-0.3, -0.25) is 19.2 Å². The van der Waals surface area contributed by atoms with E-state index in [0.29, 0.717) is 12.1 Å². The van der Waals surface area contributed by atoms with Gasteiger partial charge in [0.05, 0.1) is 13.2 Å². The van der Waals surface area contributed by atoms with Crippen LogP contribution in [-0.4, -0.2) is 84.4 Å². The standard InChI is InChI=1S/C32H42F4N4O8/c1-15(2)23(29(43)37-5)39-31(45)27(47-13-17-7-9-19(33)11-21(17)35)25(41)26(42)28(32(46)40-24(16(3)4)30(44)38-6)48-14-18-8-10-20(34)12-22(18)36/h7-12,15-16,23-28,41-42H,13-14H2,1-6H3,(H,37,43)(H,38,44)(H,39,45)(H,40,46)/t23-,24-,25+,26+,27+,28+/m0/s1. The maximum Gasteiger partial charge on any atom is 0.252 e. The van der Waals surface area contributed by atoms with E-state index in [1.54, 1.807) is 27.7 Å². The summed E-state index contributed by atoms with van der Waals surface area (Å²) >= 11 is 0. The Morgan fingerprint density at radius 2 is 0.958 bits per heavy atom. The van der Waals surface area contributed by atoms with Gasteiger partial charge in [-0.05, 0) is 24.0 Å². The summed E-state index contributed by atoms with van der Waals surface area (Å²) in [4.78, 5) is 51.9. The average Bonchev–Trinajstić information content (AvgIpc) is 3.02. The van der Waals surface area contributed by atoms with Crippen LogP contribution in [0.2, 0.25) is 0 Å². The fraction of sp³-hybridized carbons (Fsp3) is 0.500. The van der Waals surface area contributed by atoms with Crippen LogP contribution < -0.4 is 21.3 Å². The number of halogens is 4. The number of hydrogen-bond donors (Lipinski definition) is 6. The summed E-state index contributed by atoms with van der Waals surface area (Å²) in [6.07, 6.45) is -8.93. The second-order valence-corrected chi connectivity index (χ2v) is 11.6. The van der Waals surface area contributed by atoms with Crippen LogP contribution >= 0.6 is 0 Å².